The second-order valence-corrected chi connectivity index (χ2v) is 9.24. The minimum absolute atomic E-state index is 0.0444. The van der Waals surface area contributed by atoms with Gasteiger partial charge in [-0.3, -0.25) is 9.59 Å². The molecule has 0 N–H and O–H groups in total. The highest BCUT2D eigenvalue weighted by Crippen LogP contribution is 2.30. The van der Waals surface area contributed by atoms with Crippen molar-refractivity contribution >= 4 is 29.1 Å². The summed E-state index contributed by atoms with van der Waals surface area (Å²) in [7, 11) is 1.89. The smallest absolute Gasteiger partial charge is 0.272 e. The van der Waals surface area contributed by atoms with E-state index in [0.29, 0.717) is 33.8 Å². The first kappa shape index (κ1) is 23.9. The number of benzene rings is 1. The van der Waals surface area contributed by atoms with E-state index in [9.17, 15) is 9.59 Å². The third-order valence-corrected chi connectivity index (χ3v) is 6.94. The predicted octanol–water partition coefficient (Wildman–Crippen LogP) is 5.29. The largest absolute Gasteiger partial charge is 0.335 e. The normalized spacial score (nSPS) is 21.7. The molecule has 1 amide bonds. The summed E-state index contributed by atoms with van der Waals surface area (Å²) in [5.74, 6) is -0.0633. The van der Waals surface area contributed by atoms with E-state index in [1.165, 1.54) is 6.08 Å². The Morgan fingerprint density at radius 3 is 2.82 bits per heavy atom. The van der Waals surface area contributed by atoms with Crippen molar-refractivity contribution in [3.63, 3.8) is 0 Å². The van der Waals surface area contributed by atoms with E-state index >= 15 is 4.39 Å². The molecule has 2 heterocycles. The van der Waals surface area contributed by atoms with Crippen LogP contribution in [0, 0.1) is 5.82 Å². The SMILES string of the molecule is C=C(/C=C1/N=C(C(=O)N2CCCCCC2C)C=C(CC)N1C)c1ccc2c(c1F)CC(=O)C=C2. The van der Waals surface area contributed by atoms with Gasteiger partial charge in [-0.15, -0.1) is 0 Å². The maximum absolute atomic E-state index is 15.3. The van der Waals surface area contributed by atoms with E-state index < -0.39 is 5.82 Å². The predicted molar refractivity (Wildman–Crippen MR) is 134 cm³/mol. The van der Waals surface area contributed by atoms with E-state index in [1.54, 1.807) is 24.3 Å². The van der Waals surface area contributed by atoms with Gasteiger partial charge in [-0.25, -0.2) is 9.38 Å². The van der Waals surface area contributed by atoms with Gasteiger partial charge < -0.3 is 9.80 Å². The van der Waals surface area contributed by atoms with Gasteiger partial charge in [0.2, 0.25) is 0 Å². The highest BCUT2D eigenvalue weighted by Gasteiger charge is 2.28. The molecule has 1 fully saturated rings. The van der Waals surface area contributed by atoms with Crippen LogP contribution in [0.1, 0.15) is 62.6 Å². The van der Waals surface area contributed by atoms with Gasteiger partial charge in [0.05, 0.1) is 0 Å². The van der Waals surface area contributed by atoms with Crippen LogP contribution in [0.15, 0.2) is 53.5 Å². The minimum atomic E-state index is -0.430. The average Bonchev–Trinajstić information content (AvgIpc) is 3.04. The summed E-state index contributed by atoms with van der Waals surface area (Å²) < 4.78 is 15.3. The van der Waals surface area contributed by atoms with Gasteiger partial charge in [0.25, 0.3) is 5.91 Å². The molecule has 0 aromatic heterocycles. The summed E-state index contributed by atoms with van der Waals surface area (Å²) in [5, 5.41) is 0. The molecule has 1 atom stereocenters. The Morgan fingerprint density at radius 1 is 1.26 bits per heavy atom. The maximum Gasteiger partial charge on any atom is 0.272 e. The van der Waals surface area contributed by atoms with E-state index in [-0.39, 0.29) is 24.2 Å². The quantitative estimate of drug-likeness (QED) is 0.612. The fraction of sp³-hybridized carbons (Fsp3) is 0.393. The Labute approximate surface area is 201 Å². The first-order valence-electron chi connectivity index (χ1n) is 12.1. The van der Waals surface area contributed by atoms with Crippen LogP contribution in [0.4, 0.5) is 4.39 Å². The second kappa shape index (κ2) is 9.92. The Kier molecular flexibility index (Phi) is 6.96. The Balaban J connectivity index is 1.67. The van der Waals surface area contributed by atoms with Crippen LogP contribution < -0.4 is 0 Å². The number of likely N-dealkylation sites (tertiary alicyclic amines) is 1. The minimum Gasteiger partial charge on any atom is -0.335 e. The lowest BCUT2D eigenvalue weighted by molar-refractivity contribution is -0.125. The van der Waals surface area contributed by atoms with Crippen LogP contribution in [0.25, 0.3) is 11.6 Å². The number of hydrogen-bond acceptors (Lipinski definition) is 4. The number of nitrogens with zero attached hydrogens (tertiary/aromatic N) is 3. The standard InChI is InChI=1S/C28H32FN3O2/c1-5-21-16-25(28(34)32-14-8-6-7-9-19(32)3)30-26(31(21)4)15-18(2)23-13-11-20-10-12-22(33)17-24(20)27(23)29/h10-13,15-16,19H,2,5-9,14,17H2,1,3-4H3/b26-15-. The summed E-state index contributed by atoms with van der Waals surface area (Å²) in [5.41, 5.74) is 3.25. The van der Waals surface area contributed by atoms with Gasteiger partial charge in [-0.1, -0.05) is 44.6 Å². The highest BCUT2D eigenvalue weighted by atomic mass is 19.1. The summed E-state index contributed by atoms with van der Waals surface area (Å²) >= 11 is 0. The first-order chi connectivity index (χ1) is 16.3. The number of hydrogen-bond donors (Lipinski definition) is 0. The van der Waals surface area contributed by atoms with E-state index in [0.717, 1.165) is 44.3 Å². The lowest BCUT2D eigenvalue weighted by atomic mass is 9.92. The molecule has 1 aromatic rings. The number of carbonyl (C=O) groups is 2. The third kappa shape index (κ3) is 4.67. The molecule has 0 bridgehead atoms. The average molecular weight is 462 g/mol. The van der Waals surface area contributed by atoms with Gasteiger partial charge in [0.1, 0.15) is 17.3 Å². The Morgan fingerprint density at radius 2 is 2.06 bits per heavy atom. The van der Waals surface area contributed by atoms with Crippen molar-refractivity contribution in [2.75, 3.05) is 13.6 Å². The Bertz CT molecular complexity index is 1160. The number of amides is 1. The van der Waals surface area contributed by atoms with Gasteiger partial charge >= 0.3 is 0 Å². The molecule has 6 heteroatoms. The molecular weight excluding hydrogens is 429 g/mol. The molecule has 1 aromatic carbocycles. The molecule has 0 saturated carbocycles. The molecule has 1 unspecified atom stereocenters. The summed E-state index contributed by atoms with van der Waals surface area (Å²) in [4.78, 5) is 33.8. The topological polar surface area (TPSA) is 53.0 Å². The number of rotatable bonds is 4. The molecule has 0 spiro atoms. The number of halogens is 1. The van der Waals surface area contributed by atoms with Crippen LogP contribution >= 0.6 is 0 Å². The van der Waals surface area contributed by atoms with Crippen LogP contribution in [0.2, 0.25) is 0 Å². The van der Waals surface area contributed by atoms with Crippen molar-refractivity contribution in [2.24, 2.45) is 4.99 Å². The number of allylic oxidation sites excluding steroid dienone is 4. The molecule has 34 heavy (non-hydrogen) atoms. The number of aliphatic imine (C=N–C) groups is 1. The molecule has 178 valence electrons. The van der Waals surface area contributed by atoms with E-state index in [4.69, 9.17) is 0 Å². The zero-order valence-electron chi connectivity index (χ0n) is 20.2. The molecular formula is C28H32FN3O2. The van der Waals surface area contributed by atoms with Crippen molar-refractivity contribution in [3.8, 4) is 0 Å². The lowest BCUT2D eigenvalue weighted by Crippen LogP contribution is -2.43. The van der Waals surface area contributed by atoms with Crippen LogP contribution in [-0.2, 0) is 16.0 Å². The molecule has 4 rings (SSSR count). The molecule has 0 radical (unpaired) electrons. The fourth-order valence-electron chi connectivity index (χ4n) is 4.80. The first-order valence-corrected chi connectivity index (χ1v) is 12.1. The second-order valence-electron chi connectivity index (χ2n) is 9.24. The zero-order chi connectivity index (χ0) is 24.4. The van der Waals surface area contributed by atoms with Gasteiger partial charge in [0, 0.05) is 42.9 Å². The monoisotopic (exact) mass is 461 g/mol. The highest BCUT2D eigenvalue weighted by molar-refractivity contribution is 6.43. The fourth-order valence-corrected chi connectivity index (χ4v) is 4.80. The van der Waals surface area contributed by atoms with Crippen molar-refractivity contribution in [1.82, 2.24) is 9.80 Å². The molecule has 1 aliphatic carbocycles. The van der Waals surface area contributed by atoms with Crippen molar-refractivity contribution in [1.29, 1.82) is 0 Å². The lowest BCUT2D eigenvalue weighted by Gasteiger charge is -2.31. The number of ketones is 1. The van der Waals surface area contributed by atoms with Gasteiger partial charge in [-0.05, 0) is 55.6 Å². The Hall–Kier alpha value is -3.28. The zero-order valence-corrected chi connectivity index (χ0v) is 20.2. The van der Waals surface area contributed by atoms with Crippen LogP contribution in [0.3, 0.4) is 0 Å². The molecule has 2 aliphatic heterocycles. The molecule has 1 saturated heterocycles. The number of carbonyl (C=O) groups excluding carboxylic acids is 2. The van der Waals surface area contributed by atoms with Gasteiger partial charge in [0.15, 0.2) is 5.78 Å². The summed E-state index contributed by atoms with van der Waals surface area (Å²) in [6, 6.07) is 3.67. The van der Waals surface area contributed by atoms with Crippen molar-refractivity contribution in [2.45, 2.75) is 58.4 Å². The van der Waals surface area contributed by atoms with Crippen molar-refractivity contribution < 1.29 is 14.0 Å². The van der Waals surface area contributed by atoms with Gasteiger partial charge in [-0.2, -0.15) is 0 Å². The summed E-state index contributed by atoms with van der Waals surface area (Å²) in [6.45, 7) is 8.96. The molecule has 3 aliphatic rings. The van der Waals surface area contributed by atoms with E-state index in [2.05, 4.69) is 18.5 Å². The van der Waals surface area contributed by atoms with Crippen LogP contribution in [0.5, 0.6) is 0 Å². The van der Waals surface area contributed by atoms with Crippen LogP contribution in [-0.4, -0.2) is 46.8 Å². The summed E-state index contributed by atoms with van der Waals surface area (Å²) in [6.07, 6.45) is 11.7. The number of fused-ring (bicyclic) bond motifs is 1. The third-order valence-electron chi connectivity index (χ3n) is 6.94. The molecule has 5 nitrogen and oxygen atoms in total. The van der Waals surface area contributed by atoms with Crippen molar-refractivity contribution in [3.05, 3.63) is 71.0 Å². The maximum atomic E-state index is 15.3. The van der Waals surface area contributed by atoms with E-state index in [1.807, 2.05) is 29.8 Å².